The number of amides is 1. The first-order chi connectivity index (χ1) is 9.30. The van der Waals surface area contributed by atoms with Crippen molar-refractivity contribution in [1.29, 1.82) is 5.26 Å². The minimum Gasteiger partial charge on any atom is -0.376 e. The van der Waals surface area contributed by atoms with Gasteiger partial charge >= 0.3 is 0 Å². The number of benzene rings is 1. The molecule has 0 heterocycles. The summed E-state index contributed by atoms with van der Waals surface area (Å²) in [5.41, 5.74) is 0.854. The number of nitrogens with one attached hydrogen (secondary N) is 2. The number of anilines is 1. The predicted molar refractivity (Wildman–Crippen MR) is 81.7 cm³/mol. The SMILES string of the molecule is Cc1c(Cl)cccc1NCC(=O)N[C@](C)(C#N)C(C)C. The first-order valence-electron chi connectivity index (χ1n) is 6.51. The van der Waals surface area contributed by atoms with Crippen molar-refractivity contribution in [2.24, 2.45) is 5.92 Å². The molecule has 0 unspecified atom stereocenters. The molecule has 0 bridgehead atoms. The van der Waals surface area contributed by atoms with Crippen molar-refractivity contribution in [2.45, 2.75) is 33.2 Å². The molecule has 1 amide bonds. The molecule has 1 aromatic rings. The number of hydrogen-bond donors (Lipinski definition) is 2. The van der Waals surface area contributed by atoms with Gasteiger partial charge in [-0.25, -0.2) is 0 Å². The number of rotatable bonds is 5. The maximum atomic E-state index is 11.9. The van der Waals surface area contributed by atoms with E-state index in [0.29, 0.717) is 5.02 Å². The van der Waals surface area contributed by atoms with Crippen molar-refractivity contribution in [2.75, 3.05) is 11.9 Å². The van der Waals surface area contributed by atoms with Gasteiger partial charge in [0.25, 0.3) is 0 Å². The molecule has 5 heteroatoms. The molecule has 0 saturated carbocycles. The van der Waals surface area contributed by atoms with Crippen molar-refractivity contribution < 1.29 is 4.79 Å². The molecule has 0 fully saturated rings. The lowest BCUT2D eigenvalue weighted by Gasteiger charge is -2.27. The average molecular weight is 294 g/mol. The fraction of sp³-hybridized carbons (Fsp3) is 0.467. The third-order valence-electron chi connectivity index (χ3n) is 3.49. The third-order valence-corrected chi connectivity index (χ3v) is 3.90. The van der Waals surface area contributed by atoms with Crippen LogP contribution in [0.5, 0.6) is 0 Å². The van der Waals surface area contributed by atoms with E-state index >= 15 is 0 Å². The van der Waals surface area contributed by atoms with Crippen LogP contribution in [0, 0.1) is 24.2 Å². The van der Waals surface area contributed by atoms with Gasteiger partial charge in [-0.05, 0) is 37.5 Å². The Bertz CT molecular complexity index is 536. The summed E-state index contributed by atoms with van der Waals surface area (Å²) in [6.45, 7) is 7.51. The van der Waals surface area contributed by atoms with Gasteiger partial charge in [-0.1, -0.05) is 31.5 Å². The third kappa shape index (κ3) is 3.88. The lowest BCUT2D eigenvalue weighted by molar-refractivity contribution is -0.121. The summed E-state index contributed by atoms with van der Waals surface area (Å²) in [6.07, 6.45) is 0. The maximum Gasteiger partial charge on any atom is 0.240 e. The van der Waals surface area contributed by atoms with Crippen LogP contribution in [0.4, 0.5) is 5.69 Å². The number of halogens is 1. The summed E-state index contributed by atoms with van der Waals surface area (Å²) in [6, 6.07) is 7.63. The molecule has 0 aliphatic carbocycles. The van der Waals surface area contributed by atoms with E-state index in [1.807, 2.05) is 32.9 Å². The van der Waals surface area contributed by atoms with Gasteiger partial charge in [-0.3, -0.25) is 4.79 Å². The van der Waals surface area contributed by atoms with E-state index in [4.69, 9.17) is 16.9 Å². The average Bonchev–Trinajstić information content (AvgIpc) is 2.40. The number of carbonyl (C=O) groups is 1. The lowest BCUT2D eigenvalue weighted by Crippen LogP contribution is -2.50. The van der Waals surface area contributed by atoms with Crippen molar-refractivity contribution in [1.82, 2.24) is 5.32 Å². The fourth-order valence-corrected chi connectivity index (χ4v) is 1.78. The Morgan fingerprint density at radius 2 is 2.15 bits per heavy atom. The van der Waals surface area contributed by atoms with E-state index in [-0.39, 0.29) is 18.4 Å². The molecule has 0 saturated heterocycles. The van der Waals surface area contributed by atoms with Crippen LogP contribution in [-0.2, 0) is 4.79 Å². The van der Waals surface area contributed by atoms with Gasteiger partial charge in [0.1, 0.15) is 5.54 Å². The Kier molecular flexibility index (Phi) is 5.41. The molecule has 20 heavy (non-hydrogen) atoms. The van der Waals surface area contributed by atoms with E-state index in [9.17, 15) is 4.79 Å². The van der Waals surface area contributed by atoms with Gasteiger partial charge in [0, 0.05) is 10.7 Å². The highest BCUT2D eigenvalue weighted by Gasteiger charge is 2.29. The molecule has 0 aromatic heterocycles. The molecular formula is C15H20ClN3O. The van der Waals surface area contributed by atoms with E-state index in [2.05, 4.69) is 16.7 Å². The van der Waals surface area contributed by atoms with Gasteiger partial charge in [0.15, 0.2) is 0 Å². The zero-order valence-electron chi connectivity index (χ0n) is 12.2. The van der Waals surface area contributed by atoms with Crippen molar-refractivity contribution in [3.63, 3.8) is 0 Å². The first kappa shape index (κ1) is 16.3. The van der Waals surface area contributed by atoms with Crippen LogP contribution in [-0.4, -0.2) is 18.0 Å². The zero-order valence-corrected chi connectivity index (χ0v) is 13.0. The van der Waals surface area contributed by atoms with Gasteiger partial charge < -0.3 is 10.6 Å². The summed E-state index contributed by atoms with van der Waals surface area (Å²) in [5, 5.41) is 15.6. The summed E-state index contributed by atoms with van der Waals surface area (Å²) >= 11 is 6.02. The van der Waals surface area contributed by atoms with Gasteiger partial charge in [0.05, 0.1) is 12.6 Å². The van der Waals surface area contributed by atoms with E-state index in [1.165, 1.54) is 0 Å². The Morgan fingerprint density at radius 1 is 1.50 bits per heavy atom. The normalized spacial score (nSPS) is 13.4. The molecule has 2 N–H and O–H groups in total. The first-order valence-corrected chi connectivity index (χ1v) is 6.89. The van der Waals surface area contributed by atoms with E-state index in [0.717, 1.165) is 11.3 Å². The smallest absolute Gasteiger partial charge is 0.240 e. The summed E-state index contributed by atoms with van der Waals surface area (Å²) in [5.74, 6) is -0.188. The quantitative estimate of drug-likeness (QED) is 0.876. The summed E-state index contributed by atoms with van der Waals surface area (Å²) < 4.78 is 0. The second-order valence-corrected chi connectivity index (χ2v) is 5.69. The van der Waals surface area contributed by atoms with Gasteiger partial charge in [-0.2, -0.15) is 5.26 Å². The molecule has 0 radical (unpaired) electrons. The van der Waals surface area contributed by atoms with E-state index in [1.54, 1.807) is 13.0 Å². The van der Waals surface area contributed by atoms with Crippen molar-refractivity contribution in [3.8, 4) is 6.07 Å². The van der Waals surface area contributed by atoms with Crippen molar-refractivity contribution >= 4 is 23.2 Å². The Labute approximate surface area is 125 Å². The zero-order chi connectivity index (χ0) is 15.3. The second kappa shape index (κ2) is 6.62. The summed E-state index contributed by atoms with van der Waals surface area (Å²) in [7, 11) is 0. The summed E-state index contributed by atoms with van der Waals surface area (Å²) in [4.78, 5) is 11.9. The molecule has 108 valence electrons. The minimum atomic E-state index is -0.859. The van der Waals surface area contributed by atoms with Crippen LogP contribution < -0.4 is 10.6 Å². The second-order valence-electron chi connectivity index (χ2n) is 5.28. The lowest BCUT2D eigenvalue weighted by atomic mass is 9.90. The minimum absolute atomic E-state index is 0.0318. The molecule has 4 nitrogen and oxygen atoms in total. The highest BCUT2D eigenvalue weighted by atomic mass is 35.5. The highest BCUT2D eigenvalue weighted by Crippen LogP contribution is 2.22. The van der Waals surface area contributed by atoms with Crippen LogP contribution in [0.25, 0.3) is 0 Å². The number of hydrogen-bond acceptors (Lipinski definition) is 3. The molecule has 1 rings (SSSR count). The van der Waals surface area contributed by atoms with Crippen LogP contribution in [0.2, 0.25) is 5.02 Å². The number of nitriles is 1. The molecule has 1 aromatic carbocycles. The number of carbonyl (C=O) groups excluding carboxylic acids is 1. The number of nitrogens with zero attached hydrogens (tertiary/aromatic N) is 1. The topological polar surface area (TPSA) is 64.9 Å². The molecule has 0 aliphatic rings. The Morgan fingerprint density at radius 3 is 2.70 bits per heavy atom. The van der Waals surface area contributed by atoms with Crippen LogP contribution in [0.15, 0.2) is 18.2 Å². The molecule has 1 atom stereocenters. The van der Waals surface area contributed by atoms with Crippen LogP contribution in [0.1, 0.15) is 26.3 Å². The molecular weight excluding hydrogens is 274 g/mol. The fourth-order valence-electron chi connectivity index (χ4n) is 1.61. The molecule has 0 spiro atoms. The predicted octanol–water partition coefficient (Wildman–Crippen LogP) is 3.11. The monoisotopic (exact) mass is 293 g/mol. The highest BCUT2D eigenvalue weighted by molar-refractivity contribution is 6.31. The van der Waals surface area contributed by atoms with Gasteiger partial charge in [-0.15, -0.1) is 0 Å². The standard InChI is InChI=1S/C15H20ClN3O/c1-10(2)15(4,9-17)19-14(20)8-18-13-7-5-6-12(16)11(13)3/h5-7,10,18H,8H2,1-4H3,(H,19,20)/t15-/m1/s1. The molecule has 0 aliphatic heterocycles. The van der Waals surface area contributed by atoms with Gasteiger partial charge in [0.2, 0.25) is 5.91 Å². The van der Waals surface area contributed by atoms with Crippen LogP contribution in [0.3, 0.4) is 0 Å². The van der Waals surface area contributed by atoms with E-state index < -0.39 is 5.54 Å². The largest absolute Gasteiger partial charge is 0.376 e. The Balaban J connectivity index is 2.65. The van der Waals surface area contributed by atoms with Crippen molar-refractivity contribution in [3.05, 3.63) is 28.8 Å². The van der Waals surface area contributed by atoms with Crippen LogP contribution >= 0.6 is 11.6 Å². The maximum absolute atomic E-state index is 11.9. The Hall–Kier alpha value is -1.73.